The second kappa shape index (κ2) is 6.83. The van der Waals surface area contributed by atoms with Crippen molar-refractivity contribution in [1.29, 1.82) is 0 Å². The number of carbonyl (C=O) groups is 1. The van der Waals surface area contributed by atoms with Gasteiger partial charge >= 0.3 is 0 Å². The number of likely N-dealkylation sites (tertiary alicyclic amines) is 1. The smallest absolute Gasteiger partial charge is 0.228 e. The molecule has 1 aliphatic carbocycles. The summed E-state index contributed by atoms with van der Waals surface area (Å²) in [6.07, 6.45) is 8.28. The van der Waals surface area contributed by atoms with E-state index in [9.17, 15) is 4.79 Å². The molecule has 142 valence electrons. The predicted octanol–water partition coefficient (Wildman–Crippen LogP) is 2.39. The van der Waals surface area contributed by atoms with Crippen LogP contribution in [0.1, 0.15) is 29.8 Å². The highest BCUT2D eigenvalue weighted by atomic mass is 16.1. The van der Waals surface area contributed by atoms with Crippen LogP contribution in [-0.2, 0) is 11.2 Å². The van der Waals surface area contributed by atoms with Crippen LogP contribution in [-0.4, -0.2) is 50.5 Å². The van der Waals surface area contributed by atoms with Crippen LogP contribution in [0.5, 0.6) is 0 Å². The van der Waals surface area contributed by atoms with Crippen molar-refractivity contribution in [2.24, 2.45) is 5.92 Å². The minimum absolute atomic E-state index is 0.0750. The van der Waals surface area contributed by atoms with Gasteiger partial charge in [0.25, 0.3) is 0 Å². The lowest BCUT2D eigenvalue weighted by Crippen LogP contribution is -2.36. The number of imidazole rings is 1. The number of amides is 1. The third kappa shape index (κ3) is 3.07. The van der Waals surface area contributed by atoms with E-state index in [0.717, 1.165) is 60.5 Å². The van der Waals surface area contributed by atoms with Gasteiger partial charge in [-0.25, -0.2) is 14.5 Å². The second-order valence-electron chi connectivity index (χ2n) is 7.53. The molecular formula is C21H22N6O. The first kappa shape index (κ1) is 17.1. The summed E-state index contributed by atoms with van der Waals surface area (Å²) in [5.74, 6) is 0.792. The average molecular weight is 374 g/mol. The normalized spacial score (nSPS) is 17.5. The minimum Gasteiger partial charge on any atom is -0.310 e. The summed E-state index contributed by atoms with van der Waals surface area (Å²) in [5.41, 5.74) is 4.85. The molecule has 0 unspecified atom stereocenters. The van der Waals surface area contributed by atoms with E-state index in [1.54, 1.807) is 10.7 Å². The fraction of sp³-hybridized carbons (Fsp3) is 0.333. The van der Waals surface area contributed by atoms with Gasteiger partial charge in [-0.05, 0) is 57.2 Å². The van der Waals surface area contributed by atoms with Gasteiger partial charge in [0.1, 0.15) is 5.82 Å². The molecule has 0 radical (unpaired) electrons. The van der Waals surface area contributed by atoms with Crippen LogP contribution in [0.15, 0.2) is 42.7 Å². The number of pyridine rings is 1. The molecule has 0 saturated carbocycles. The Morgan fingerprint density at radius 3 is 2.89 bits per heavy atom. The van der Waals surface area contributed by atoms with Gasteiger partial charge in [-0.2, -0.15) is 5.10 Å². The summed E-state index contributed by atoms with van der Waals surface area (Å²) >= 11 is 0. The van der Waals surface area contributed by atoms with Gasteiger partial charge in [0, 0.05) is 35.9 Å². The van der Waals surface area contributed by atoms with Crippen molar-refractivity contribution in [3.8, 4) is 0 Å². The number of anilines is 1. The maximum absolute atomic E-state index is 12.6. The molecule has 28 heavy (non-hydrogen) atoms. The van der Waals surface area contributed by atoms with Crippen LogP contribution in [0.2, 0.25) is 0 Å². The molecule has 1 saturated heterocycles. The Bertz CT molecular complexity index is 1080. The Labute approximate surface area is 163 Å². The SMILES string of the molecule is CN1CCC(C(=O)Nc2ccc3c(n2)CC=C3c2ccc3nccn3n2)CC1. The van der Waals surface area contributed by atoms with Crippen LogP contribution in [0.3, 0.4) is 0 Å². The van der Waals surface area contributed by atoms with Crippen molar-refractivity contribution in [2.45, 2.75) is 19.3 Å². The molecular weight excluding hydrogens is 352 g/mol. The molecule has 1 N–H and O–H groups in total. The van der Waals surface area contributed by atoms with Crippen molar-refractivity contribution < 1.29 is 4.79 Å². The maximum atomic E-state index is 12.6. The molecule has 0 aromatic carbocycles. The standard InChI is InChI=1S/C21H22N6O/c1-26-11-8-14(9-12-26)21(28)24-19-6-3-15-16(2-4-17(15)23-19)18-5-7-20-22-10-13-27(20)25-18/h2-3,5-7,10,13-14H,4,8-9,11-12H2,1H3,(H,23,24,28). The number of rotatable bonds is 3. The third-order valence-electron chi connectivity index (χ3n) is 5.64. The van der Waals surface area contributed by atoms with E-state index in [1.807, 2.05) is 30.5 Å². The molecule has 7 heteroatoms. The van der Waals surface area contributed by atoms with Crippen molar-refractivity contribution in [3.63, 3.8) is 0 Å². The Morgan fingerprint density at radius 2 is 2.04 bits per heavy atom. The third-order valence-corrected chi connectivity index (χ3v) is 5.64. The highest BCUT2D eigenvalue weighted by Gasteiger charge is 2.24. The molecule has 1 aliphatic heterocycles. The summed E-state index contributed by atoms with van der Waals surface area (Å²) in [6.45, 7) is 1.94. The van der Waals surface area contributed by atoms with Crippen LogP contribution >= 0.6 is 0 Å². The van der Waals surface area contributed by atoms with E-state index in [-0.39, 0.29) is 11.8 Å². The molecule has 3 aromatic heterocycles. The van der Waals surface area contributed by atoms with Crippen molar-refractivity contribution in [3.05, 3.63) is 59.7 Å². The van der Waals surface area contributed by atoms with Crippen LogP contribution in [0, 0.1) is 5.92 Å². The van der Waals surface area contributed by atoms with E-state index in [1.165, 1.54) is 0 Å². The molecule has 3 aromatic rings. The van der Waals surface area contributed by atoms with Gasteiger partial charge in [-0.3, -0.25) is 4.79 Å². The van der Waals surface area contributed by atoms with E-state index in [0.29, 0.717) is 5.82 Å². The molecule has 0 spiro atoms. The number of piperidine rings is 1. The van der Waals surface area contributed by atoms with Crippen LogP contribution in [0.4, 0.5) is 5.82 Å². The topological polar surface area (TPSA) is 75.4 Å². The largest absolute Gasteiger partial charge is 0.310 e. The molecule has 5 rings (SSSR count). The maximum Gasteiger partial charge on any atom is 0.228 e. The fourth-order valence-corrected chi connectivity index (χ4v) is 3.98. The Morgan fingerprint density at radius 1 is 1.18 bits per heavy atom. The molecule has 2 aliphatic rings. The second-order valence-corrected chi connectivity index (χ2v) is 7.53. The quantitative estimate of drug-likeness (QED) is 0.762. The zero-order valence-electron chi connectivity index (χ0n) is 15.8. The molecule has 1 fully saturated rings. The van der Waals surface area contributed by atoms with Crippen LogP contribution < -0.4 is 5.32 Å². The van der Waals surface area contributed by atoms with E-state index in [4.69, 9.17) is 0 Å². The number of aromatic nitrogens is 4. The van der Waals surface area contributed by atoms with E-state index < -0.39 is 0 Å². The highest BCUT2D eigenvalue weighted by molar-refractivity contribution is 5.92. The molecule has 0 bridgehead atoms. The van der Waals surface area contributed by atoms with Gasteiger partial charge < -0.3 is 10.2 Å². The zero-order chi connectivity index (χ0) is 19.1. The zero-order valence-corrected chi connectivity index (χ0v) is 15.8. The predicted molar refractivity (Wildman–Crippen MR) is 107 cm³/mol. The molecule has 1 amide bonds. The molecule has 7 nitrogen and oxygen atoms in total. The summed E-state index contributed by atoms with van der Waals surface area (Å²) in [5, 5.41) is 7.65. The lowest BCUT2D eigenvalue weighted by atomic mass is 9.96. The monoisotopic (exact) mass is 374 g/mol. The van der Waals surface area contributed by atoms with Crippen LogP contribution in [0.25, 0.3) is 11.2 Å². The Hall–Kier alpha value is -3.06. The fourth-order valence-electron chi connectivity index (χ4n) is 3.98. The van der Waals surface area contributed by atoms with Crippen molar-refractivity contribution in [2.75, 3.05) is 25.5 Å². The van der Waals surface area contributed by atoms with E-state index in [2.05, 4.69) is 38.4 Å². The first-order valence-electron chi connectivity index (χ1n) is 9.68. The number of nitrogens with one attached hydrogen (secondary N) is 1. The van der Waals surface area contributed by atoms with Gasteiger partial charge in [0.2, 0.25) is 5.91 Å². The van der Waals surface area contributed by atoms with E-state index >= 15 is 0 Å². The number of hydrogen-bond acceptors (Lipinski definition) is 5. The highest BCUT2D eigenvalue weighted by Crippen LogP contribution is 2.32. The lowest BCUT2D eigenvalue weighted by molar-refractivity contribution is -0.121. The number of fused-ring (bicyclic) bond motifs is 2. The summed E-state index contributed by atoms with van der Waals surface area (Å²) in [4.78, 5) is 23.7. The number of nitrogens with zero attached hydrogens (tertiary/aromatic N) is 5. The van der Waals surface area contributed by atoms with Gasteiger partial charge in [0.05, 0.1) is 11.4 Å². The minimum atomic E-state index is 0.0750. The van der Waals surface area contributed by atoms with Gasteiger partial charge in [-0.15, -0.1) is 0 Å². The van der Waals surface area contributed by atoms with Crippen molar-refractivity contribution in [1.82, 2.24) is 24.5 Å². The molecule has 0 atom stereocenters. The lowest BCUT2D eigenvalue weighted by Gasteiger charge is -2.27. The van der Waals surface area contributed by atoms with Crippen molar-refractivity contribution >= 4 is 22.9 Å². The summed E-state index contributed by atoms with van der Waals surface area (Å²) < 4.78 is 1.78. The summed E-state index contributed by atoms with van der Waals surface area (Å²) in [7, 11) is 2.10. The first-order chi connectivity index (χ1) is 13.7. The van der Waals surface area contributed by atoms with Gasteiger partial charge in [0.15, 0.2) is 5.65 Å². The first-order valence-corrected chi connectivity index (χ1v) is 9.68. The number of carbonyl (C=O) groups excluding carboxylic acids is 1. The Balaban J connectivity index is 1.34. The van der Waals surface area contributed by atoms with Gasteiger partial charge in [-0.1, -0.05) is 6.08 Å². The average Bonchev–Trinajstić information content (AvgIpc) is 3.34. The summed E-state index contributed by atoms with van der Waals surface area (Å²) in [6, 6.07) is 7.87. The number of hydrogen-bond donors (Lipinski definition) is 1. The Kier molecular flexibility index (Phi) is 4.16. The molecule has 4 heterocycles. The number of allylic oxidation sites excluding steroid dienone is 1.